The summed E-state index contributed by atoms with van der Waals surface area (Å²) in [5.74, 6) is -0.0468. The van der Waals surface area contributed by atoms with Crippen molar-refractivity contribution in [2.45, 2.75) is 24.8 Å². The monoisotopic (exact) mass is 463 g/mol. The van der Waals surface area contributed by atoms with E-state index in [1.807, 2.05) is 30.3 Å². The van der Waals surface area contributed by atoms with Gasteiger partial charge in [0.2, 0.25) is 0 Å². The average Bonchev–Trinajstić information content (AvgIpc) is 3.17. The fourth-order valence-corrected chi connectivity index (χ4v) is 4.33. The summed E-state index contributed by atoms with van der Waals surface area (Å²) in [5, 5.41) is 15.3. The third kappa shape index (κ3) is 6.30. The number of carboxylic acids is 1. The van der Waals surface area contributed by atoms with Gasteiger partial charge < -0.3 is 25.4 Å². The molecule has 1 atom stereocenters. The number of benzene rings is 1. The first-order valence-corrected chi connectivity index (χ1v) is 11.6. The number of aliphatic carboxylic acids is 1. The molecule has 1 aromatic carbocycles. The van der Waals surface area contributed by atoms with Crippen molar-refractivity contribution < 1.29 is 14.6 Å². The Balaban J connectivity index is 0.000000416. The van der Waals surface area contributed by atoms with E-state index in [0.717, 1.165) is 11.8 Å². The quantitative estimate of drug-likeness (QED) is 0.479. The summed E-state index contributed by atoms with van der Waals surface area (Å²) < 4.78 is 6.97. The zero-order valence-electron chi connectivity index (χ0n) is 18.0. The number of nitrogens with zero attached hydrogens (tertiary/aromatic N) is 2. The Morgan fingerprint density at radius 1 is 1.19 bits per heavy atom. The number of aromatic amines is 1. The molecule has 174 valence electrons. The molecular weight excluding hydrogens is 434 g/mol. The number of hydrogen-bond donors (Lipinski definition) is 4. The minimum absolute atomic E-state index is 0.145. The van der Waals surface area contributed by atoms with E-state index in [1.165, 1.54) is 44.0 Å². The summed E-state index contributed by atoms with van der Waals surface area (Å²) in [5.41, 5.74) is -1.25. The molecule has 3 heterocycles. The van der Waals surface area contributed by atoms with Crippen LogP contribution in [0, 0.1) is 0 Å². The highest BCUT2D eigenvalue weighted by Gasteiger charge is 2.34. The summed E-state index contributed by atoms with van der Waals surface area (Å²) >= 11 is 1.12. The molecule has 4 rings (SSSR count). The average molecular weight is 464 g/mol. The zero-order chi connectivity index (χ0) is 22.9. The number of para-hydroxylation sites is 1. The van der Waals surface area contributed by atoms with Crippen LogP contribution >= 0.6 is 11.8 Å². The Morgan fingerprint density at radius 3 is 2.50 bits per heavy atom. The normalized spacial score (nSPS) is 17.0. The van der Waals surface area contributed by atoms with Crippen LogP contribution in [0.1, 0.15) is 19.3 Å². The van der Waals surface area contributed by atoms with E-state index in [-0.39, 0.29) is 12.4 Å². The number of fused-ring (bicyclic) bond motifs is 1. The van der Waals surface area contributed by atoms with E-state index in [9.17, 15) is 14.4 Å². The molecule has 1 saturated heterocycles. The number of carbonyl (C=O) groups is 1. The SMILES string of the molecule is C1CCNCC1.Cn1c2c(c(=O)[nH]c1=O)N(CCOc1ccccc1)C(SCC(=O)O)N2. The van der Waals surface area contributed by atoms with Gasteiger partial charge in [0.25, 0.3) is 5.56 Å². The number of thioether (sulfide) groups is 1. The summed E-state index contributed by atoms with van der Waals surface area (Å²) in [4.78, 5) is 39.0. The minimum atomic E-state index is -0.962. The van der Waals surface area contributed by atoms with Gasteiger partial charge >= 0.3 is 11.7 Å². The highest BCUT2D eigenvalue weighted by Crippen LogP contribution is 2.34. The van der Waals surface area contributed by atoms with E-state index >= 15 is 0 Å². The number of piperidine rings is 1. The van der Waals surface area contributed by atoms with Crippen LogP contribution in [0.2, 0.25) is 0 Å². The van der Waals surface area contributed by atoms with Gasteiger partial charge in [-0.3, -0.25) is 19.1 Å². The first kappa shape index (κ1) is 23.7. The van der Waals surface area contributed by atoms with Crippen LogP contribution in [0.25, 0.3) is 0 Å². The maximum absolute atomic E-state index is 12.3. The topological polar surface area (TPSA) is 129 Å². The summed E-state index contributed by atoms with van der Waals surface area (Å²) in [6.07, 6.45) is 4.22. The van der Waals surface area contributed by atoms with Crippen LogP contribution in [0.5, 0.6) is 5.75 Å². The first-order valence-electron chi connectivity index (χ1n) is 10.6. The lowest BCUT2D eigenvalue weighted by Gasteiger charge is -2.25. The Bertz CT molecular complexity index is 994. The maximum Gasteiger partial charge on any atom is 0.329 e. The number of aromatic nitrogens is 2. The molecule has 11 heteroatoms. The van der Waals surface area contributed by atoms with E-state index in [2.05, 4.69) is 15.6 Å². The molecule has 1 fully saturated rings. The maximum atomic E-state index is 12.3. The Kier molecular flexibility index (Phi) is 8.63. The van der Waals surface area contributed by atoms with Crippen LogP contribution in [0.4, 0.5) is 11.5 Å². The molecule has 2 aliphatic heterocycles. The summed E-state index contributed by atoms with van der Waals surface area (Å²) in [7, 11) is 1.53. The van der Waals surface area contributed by atoms with Crippen molar-refractivity contribution in [2.24, 2.45) is 7.05 Å². The van der Waals surface area contributed by atoms with Gasteiger partial charge in [-0.05, 0) is 38.1 Å². The molecule has 0 aliphatic carbocycles. The molecule has 32 heavy (non-hydrogen) atoms. The number of carboxylic acid groups (broad SMARTS) is 1. The van der Waals surface area contributed by atoms with Crippen molar-refractivity contribution in [3.8, 4) is 5.75 Å². The number of rotatable bonds is 7. The molecule has 4 N–H and O–H groups in total. The molecule has 2 aliphatic rings. The fraction of sp³-hybridized carbons (Fsp3) is 0.476. The van der Waals surface area contributed by atoms with Crippen LogP contribution < -0.4 is 31.5 Å². The van der Waals surface area contributed by atoms with Gasteiger partial charge in [0.05, 0.1) is 12.3 Å². The van der Waals surface area contributed by atoms with Crippen molar-refractivity contribution in [1.82, 2.24) is 14.9 Å². The van der Waals surface area contributed by atoms with E-state index < -0.39 is 22.7 Å². The van der Waals surface area contributed by atoms with Crippen molar-refractivity contribution >= 4 is 29.2 Å². The van der Waals surface area contributed by atoms with Crippen molar-refractivity contribution in [1.29, 1.82) is 0 Å². The molecule has 0 spiro atoms. The van der Waals surface area contributed by atoms with Crippen molar-refractivity contribution in [2.75, 3.05) is 42.2 Å². The van der Waals surface area contributed by atoms with Gasteiger partial charge in [-0.2, -0.15) is 0 Å². The van der Waals surface area contributed by atoms with Crippen LogP contribution in [0.3, 0.4) is 0 Å². The molecule has 1 unspecified atom stereocenters. The fourth-order valence-electron chi connectivity index (χ4n) is 3.44. The molecule has 1 aromatic heterocycles. The van der Waals surface area contributed by atoms with Gasteiger partial charge in [-0.1, -0.05) is 24.6 Å². The number of anilines is 2. The Morgan fingerprint density at radius 2 is 1.91 bits per heavy atom. The molecule has 2 aromatic rings. The van der Waals surface area contributed by atoms with E-state index in [0.29, 0.717) is 23.8 Å². The summed E-state index contributed by atoms with van der Waals surface area (Å²) in [6, 6.07) is 9.24. The predicted octanol–water partition coefficient (Wildman–Crippen LogP) is 1.25. The lowest BCUT2D eigenvalue weighted by atomic mass is 10.2. The highest BCUT2D eigenvalue weighted by atomic mass is 32.2. The Hall–Kier alpha value is -2.92. The lowest BCUT2D eigenvalue weighted by molar-refractivity contribution is -0.133. The largest absolute Gasteiger partial charge is 0.492 e. The molecular formula is C21H29N5O5S. The lowest BCUT2D eigenvalue weighted by Crippen LogP contribution is -2.39. The second-order valence-electron chi connectivity index (χ2n) is 7.38. The number of H-pyrrole nitrogens is 1. The molecule has 0 amide bonds. The van der Waals surface area contributed by atoms with Gasteiger partial charge in [-0.25, -0.2) is 4.79 Å². The molecule has 0 bridgehead atoms. The van der Waals surface area contributed by atoms with Gasteiger partial charge in [0, 0.05) is 7.05 Å². The third-order valence-corrected chi connectivity index (χ3v) is 6.15. The Labute approximate surface area is 190 Å². The van der Waals surface area contributed by atoms with E-state index in [1.54, 1.807) is 4.90 Å². The molecule has 0 radical (unpaired) electrons. The van der Waals surface area contributed by atoms with Gasteiger partial charge in [-0.15, -0.1) is 11.8 Å². The third-order valence-electron chi connectivity index (χ3n) is 5.05. The molecule has 0 saturated carbocycles. The molecule has 10 nitrogen and oxygen atoms in total. The van der Waals surface area contributed by atoms with E-state index in [4.69, 9.17) is 9.84 Å². The second-order valence-corrected chi connectivity index (χ2v) is 8.45. The van der Waals surface area contributed by atoms with Gasteiger partial charge in [0.15, 0.2) is 0 Å². The zero-order valence-corrected chi connectivity index (χ0v) is 18.8. The van der Waals surface area contributed by atoms with Crippen molar-refractivity contribution in [3.05, 3.63) is 51.2 Å². The number of hydrogen-bond acceptors (Lipinski definition) is 8. The van der Waals surface area contributed by atoms with Crippen LogP contribution in [0.15, 0.2) is 39.9 Å². The van der Waals surface area contributed by atoms with Crippen LogP contribution in [-0.2, 0) is 11.8 Å². The first-order chi connectivity index (χ1) is 15.5. The van der Waals surface area contributed by atoms with Crippen LogP contribution in [-0.4, -0.2) is 58.1 Å². The second kappa shape index (κ2) is 11.6. The van der Waals surface area contributed by atoms with Gasteiger partial charge in [0.1, 0.15) is 29.4 Å². The smallest absolute Gasteiger partial charge is 0.329 e. The number of nitrogens with one attached hydrogen (secondary N) is 3. The predicted molar refractivity (Wildman–Crippen MR) is 126 cm³/mol. The highest BCUT2D eigenvalue weighted by molar-refractivity contribution is 8.00. The summed E-state index contributed by atoms with van der Waals surface area (Å²) in [6.45, 7) is 3.13. The minimum Gasteiger partial charge on any atom is -0.492 e. The number of ether oxygens (including phenoxy) is 1. The standard InChI is InChI=1S/C16H18N4O5S.C5H11N/c1-19-13-12(14(23)18-15(19)24)20(16(17-13)26-9-11(21)22)7-8-25-10-5-3-2-4-6-10;1-2-4-6-5-3-1/h2-6,16-17H,7-9H2,1H3,(H,21,22)(H,18,23,24);6H,1-5H2. The van der Waals surface area contributed by atoms with Crippen molar-refractivity contribution in [3.63, 3.8) is 0 Å².